The summed E-state index contributed by atoms with van der Waals surface area (Å²) in [6.45, 7) is 4.29. The fourth-order valence-electron chi connectivity index (χ4n) is 3.23. The molecule has 1 N–H and O–H groups in total. The summed E-state index contributed by atoms with van der Waals surface area (Å²) in [4.78, 5) is 17.1. The maximum atomic E-state index is 12.4. The molecule has 3 aromatic carbocycles. The van der Waals surface area contributed by atoms with Gasteiger partial charge in [0, 0.05) is 11.3 Å². The Morgan fingerprint density at radius 2 is 1.90 bits per heavy atom. The first-order valence-corrected chi connectivity index (χ1v) is 11.4. The highest BCUT2D eigenvalue weighted by Crippen LogP contribution is 2.35. The molecule has 1 atom stereocenters. The monoisotopic (exact) mass is 450 g/mol. The Hall–Kier alpha value is -2.89. The number of fused-ring (bicyclic) bond motifs is 1. The third-order valence-corrected chi connectivity index (χ3v) is 6.61. The van der Waals surface area contributed by atoms with Crippen molar-refractivity contribution in [3.05, 3.63) is 77.3 Å². The lowest BCUT2D eigenvalue weighted by molar-refractivity contribution is -0.118. The number of halogens is 1. The smallest absolute Gasteiger partial charge is 0.262 e. The minimum atomic E-state index is -0.233. The maximum Gasteiger partial charge on any atom is 0.262 e. The Morgan fingerprint density at radius 3 is 2.65 bits per heavy atom. The number of hydrogen-bond donors (Lipinski definition) is 1. The van der Waals surface area contributed by atoms with Gasteiger partial charge in [0.2, 0.25) is 0 Å². The molecule has 1 aromatic heterocycles. The van der Waals surface area contributed by atoms with E-state index in [0.717, 1.165) is 27.2 Å². The number of hydrogen-bond acceptors (Lipinski definition) is 4. The summed E-state index contributed by atoms with van der Waals surface area (Å²) in [5.41, 5.74) is 3.64. The van der Waals surface area contributed by atoms with Gasteiger partial charge in [0.05, 0.1) is 15.2 Å². The number of anilines is 1. The van der Waals surface area contributed by atoms with Crippen LogP contribution in [-0.2, 0) is 4.79 Å². The van der Waals surface area contributed by atoms with Gasteiger partial charge in [-0.2, -0.15) is 0 Å². The van der Waals surface area contributed by atoms with Gasteiger partial charge in [0.25, 0.3) is 5.91 Å². The summed E-state index contributed by atoms with van der Waals surface area (Å²) in [6, 6.07) is 21.2. The molecule has 0 spiro atoms. The van der Waals surface area contributed by atoms with Crippen molar-refractivity contribution in [2.45, 2.75) is 26.2 Å². The lowest BCUT2D eigenvalue weighted by atomic mass is 9.99. The quantitative estimate of drug-likeness (QED) is 0.325. The number of aromatic nitrogens is 1. The van der Waals surface area contributed by atoms with Gasteiger partial charge in [-0.05, 0) is 60.4 Å². The Bertz CT molecular complexity index is 1170. The van der Waals surface area contributed by atoms with Crippen LogP contribution in [0.3, 0.4) is 0 Å². The van der Waals surface area contributed by atoms with E-state index < -0.39 is 0 Å². The Labute approximate surface area is 190 Å². The average Bonchev–Trinajstić information content (AvgIpc) is 3.23. The van der Waals surface area contributed by atoms with Crippen LogP contribution in [0.1, 0.15) is 31.7 Å². The molecule has 1 heterocycles. The van der Waals surface area contributed by atoms with Crippen molar-refractivity contribution >= 4 is 44.7 Å². The Balaban J connectivity index is 1.42. The second-order valence-corrected chi connectivity index (χ2v) is 8.83. The summed E-state index contributed by atoms with van der Waals surface area (Å²) in [6.07, 6.45) is 1.09. The van der Waals surface area contributed by atoms with Gasteiger partial charge in [-0.15, -0.1) is 11.3 Å². The first-order valence-electron chi connectivity index (χ1n) is 10.2. The van der Waals surface area contributed by atoms with E-state index in [1.165, 1.54) is 5.56 Å². The first kappa shape index (κ1) is 21.3. The zero-order chi connectivity index (χ0) is 21.8. The van der Waals surface area contributed by atoms with Gasteiger partial charge in [0.1, 0.15) is 10.8 Å². The standard InChI is InChI=1S/C25H23ClN2O2S/c1-3-16(2)17-8-11-19(12-9-17)30-15-24(29)27-18-10-13-21(26)20(14-18)25-28-22-6-4-5-7-23(22)31-25/h4-14,16H,3,15H2,1-2H3,(H,27,29)/t16-/m1/s1. The molecule has 1 amide bonds. The van der Waals surface area contributed by atoms with Crippen molar-refractivity contribution in [2.75, 3.05) is 11.9 Å². The molecule has 158 valence electrons. The zero-order valence-electron chi connectivity index (χ0n) is 17.4. The number of nitrogens with zero attached hydrogens (tertiary/aromatic N) is 1. The molecular formula is C25H23ClN2O2S. The predicted octanol–water partition coefficient (Wildman–Crippen LogP) is 7.15. The number of carbonyl (C=O) groups is 1. The topological polar surface area (TPSA) is 51.2 Å². The molecule has 0 unspecified atom stereocenters. The van der Waals surface area contributed by atoms with Crippen molar-refractivity contribution in [1.82, 2.24) is 4.98 Å². The number of amides is 1. The van der Waals surface area contributed by atoms with Crippen LogP contribution < -0.4 is 10.1 Å². The van der Waals surface area contributed by atoms with Gasteiger partial charge in [0.15, 0.2) is 6.61 Å². The minimum absolute atomic E-state index is 0.0677. The molecule has 0 bridgehead atoms. The molecule has 4 nitrogen and oxygen atoms in total. The number of nitrogens with one attached hydrogen (secondary N) is 1. The number of thiazole rings is 1. The summed E-state index contributed by atoms with van der Waals surface area (Å²) in [5, 5.41) is 4.29. The second-order valence-electron chi connectivity index (χ2n) is 7.40. The van der Waals surface area contributed by atoms with Crippen LogP contribution in [0.5, 0.6) is 5.75 Å². The Morgan fingerprint density at radius 1 is 1.13 bits per heavy atom. The molecule has 4 aromatic rings. The van der Waals surface area contributed by atoms with Gasteiger partial charge in [-0.3, -0.25) is 4.79 Å². The van der Waals surface area contributed by atoms with Gasteiger partial charge in [-0.1, -0.05) is 49.7 Å². The van der Waals surface area contributed by atoms with E-state index in [9.17, 15) is 4.79 Å². The molecule has 0 saturated heterocycles. The first-order chi connectivity index (χ1) is 15.0. The number of ether oxygens (including phenoxy) is 1. The molecule has 0 aliphatic heterocycles. The number of rotatable bonds is 7. The molecule has 0 aliphatic rings. The molecule has 31 heavy (non-hydrogen) atoms. The maximum absolute atomic E-state index is 12.4. The van der Waals surface area contributed by atoms with Crippen molar-refractivity contribution in [3.8, 4) is 16.3 Å². The largest absolute Gasteiger partial charge is 0.484 e. The van der Waals surface area contributed by atoms with Gasteiger partial charge < -0.3 is 10.1 Å². The number of para-hydroxylation sites is 1. The third-order valence-electron chi connectivity index (χ3n) is 5.21. The lowest BCUT2D eigenvalue weighted by Gasteiger charge is -2.11. The van der Waals surface area contributed by atoms with Crippen molar-refractivity contribution < 1.29 is 9.53 Å². The highest BCUT2D eigenvalue weighted by atomic mass is 35.5. The van der Waals surface area contributed by atoms with E-state index in [-0.39, 0.29) is 12.5 Å². The van der Waals surface area contributed by atoms with Gasteiger partial charge >= 0.3 is 0 Å². The van der Waals surface area contributed by atoms with E-state index in [1.807, 2.05) is 54.6 Å². The summed E-state index contributed by atoms with van der Waals surface area (Å²) < 4.78 is 6.73. The van der Waals surface area contributed by atoms with Crippen molar-refractivity contribution in [3.63, 3.8) is 0 Å². The van der Waals surface area contributed by atoms with Crippen LogP contribution >= 0.6 is 22.9 Å². The van der Waals surface area contributed by atoms with Crippen LogP contribution in [0.15, 0.2) is 66.7 Å². The van der Waals surface area contributed by atoms with E-state index >= 15 is 0 Å². The van der Waals surface area contributed by atoms with Gasteiger partial charge in [-0.25, -0.2) is 4.98 Å². The minimum Gasteiger partial charge on any atom is -0.484 e. The summed E-state index contributed by atoms with van der Waals surface area (Å²) in [5.74, 6) is 0.948. The highest BCUT2D eigenvalue weighted by molar-refractivity contribution is 7.21. The third kappa shape index (κ3) is 5.06. The molecule has 0 saturated carbocycles. The van der Waals surface area contributed by atoms with E-state index in [4.69, 9.17) is 16.3 Å². The molecule has 0 fully saturated rings. The van der Waals surface area contributed by atoms with Crippen LogP contribution in [0, 0.1) is 0 Å². The zero-order valence-corrected chi connectivity index (χ0v) is 19.0. The molecular weight excluding hydrogens is 428 g/mol. The molecule has 0 radical (unpaired) electrons. The van der Waals surface area contributed by atoms with Crippen LogP contribution in [0.25, 0.3) is 20.8 Å². The normalized spacial score (nSPS) is 12.0. The second kappa shape index (κ2) is 9.50. The van der Waals surface area contributed by atoms with Crippen LogP contribution in [0.2, 0.25) is 5.02 Å². The molecule has 0 aliphatic carbocycles. The number of benzene rings is 3. The lowest BCUT2D eigenvalue weighted by Crippen LogP contribution is -2.20. The highest BCUT2D eigenvalue weighted by Gasteiger charge is 2.12. The average molecular weight is 451 g/mol. The summed E-state index contributed by atoms with van der Waals surface area (Å²) >= 11 is 7.98. The molecule has 4 rings (SSSR count). The van der Waals surface area contributed by atoms with E-state index in [0.29, 0.717) is 22.4 Å². The molecule has 6 heteroatoms. The van der Waals surface area contributed by atoms with Crippen LogP contribution in [0.4, 0.5) is 5.69 Å². The van der Waals surface area contributed by atoms with Crippen molar-refractivity contribution in [1.29, 1.82) is 0 Å². The summed E-state index contributed by atoms with van der Waals surface area (Å²) in [7, 11) is 0. The Kier molecular flexibility index (Phi) is 6.54. The van der Waals surface area contributed by atoms with E-state index in [1.54, 1.807) is 23.5 Å². The number of carbonyl (C=O) groups excluding carboxylic acids is 1. The van der Waals surface area contributed by atoms with E-state index in [2.05, 4.69) is 24.1 Å². The fraction of sp³-hybridized carbons (Fsp3) is 0.200. The SMILES string of the molecule is CC[C@@H](C)c1ccc(OCC(=O)Nc2ccc(Cl)c(-c3nc4ccccc4s3)c2)cc1. The van der Waals surface area contributed by atoms with Crippen molar-refractivity contribution in [2.24, 2.45) is 0 Å². The van der Waals surface area contributed by atoms with Crippen LogP contribution in [-0.4, -0.2) is 17.5 Å². The fourth-order valence-corrected chi connectivity index (χ4v) is 4.49. The predicted molar refractivity (Wildman–Crippen MR) is 129 cm³/mol.